The first-order valence-electron chi connectivity index (χ1n) is 6.47. The number of hydrogen-bond acceptors (Lipinski definition) is 5. The molecular weight excluding hydrogens is 234 g/mol. The zero-order valence-corrected chi connectivity index (χ0v) is 10.7. The highest BCUT2D eigenvalue weighted by Crippen LogP contribution is 2.26. The van der Waals surface area contributed by atoms with Crippen LogP contribution in [0.2, 0.25) is 0 Å². The van der Waals surface area contributed by atoms with E-state index in [2.05, 4.69) is 10.2 Å². The molecule has 2 fully saturated rings. The molecule has 2 heterocycles. The summed E-state index contributed by atoms with van der Waals surface area (Å²) in [5.74, 6) is 0.305. The molecule has 1 amide bonds. The fourth-order valence-electron chi connectivity index (χ4n) is 2.95. The molecule has 2 saturated heterocycles. The van der Waals surface area contributed by atoms with E-state index in [9.17, 15) is 9.59 Å². The minimum Gasteiger partial charge on any atom is -0.468 e. The molecule has 0 saturated carbocycles. The highest BCUT2D eigenvalue weighted by Gasteiger charge is 2.37. The molecular formula is C12H21N3O3. The van der Waals surface area contributed by atoms with Crippen molar-refractivity contribution >= 4 is 11.9 Å². The molecule has 18 heavy (non-hydrogen) atoms. The minimum absolute atomic E-state index is 0.146. The van der Waals surface area contributed by atoms with Crippen LogP contribution in [0.3, 0.4) is 0 Å². The fourth-order valence-corrected chi connectivity index (χ4v) is 2.95. The number of nitrogens with zero attached hydrogens (tertiary/aromatic N) is 1. The molecule has 6 heteroatoms. The van der Waals surface area contributed by atoms with Gasteiger partial charge in [-0.1, -0.05) is 0 Å². The van der Waals surface area contributed by atoms with Gasteiger partial charge in [0, 0.05) is 32.1 Å². The van der Waals surface area contributed by atoms with E-state index < -0.39 is 0 Å². The number of ether oxygens (including phenoxy) is 1. The van der Waals surface area contributed by atoms with E-state index in [-0.39, 0.29) is 30.5 Å². The molecule has 0 aromatic carbocycles. The summed E-state index contributed by atoms with van der Waals surface area (Å²) in [6.45, 7) is 1.86. The van der Waals surface area contributed by atoms with Gasteiger partial charge < -0.3 is 15.8 Å². The molecule has 2 aliphatic heterocycles. The molecule has 3 unspecified atom stereocenters. The number of rotatable bonds is 3. The third kappa shape index (κ3) is 2.64. The molecule has 0 radical (unpaired) electrons. The van der Waals surface area contributed by atoms with Crippen LogP contribution in [0.15, 0.2) is 0 Å². The minimum atomic E-state index is -0.353. The lowest BCUT2D eigenvalue weighted by molar-refractivity contribution is -0.148. The van der Waals surface area contributed by atoms with Crippen LogP contribution in [0.25, 0.3) is 0 Å². The lowest BCUT2D eigenvalue weighted by Gasteiger charge is -2.43. The Morgan fingerprint density at radius 1 is 1.61 bits per heavy atom. The summed E-state index contributed by atoms with van der Waals surface area (Å²) < 4.78 is 4.78. The molecule has 0 spiro atoms. The SMILES string of the molecule is COC(=O)C(CN)N1CCC2NC(=O)CCC2C1. The number of nitrogens with two attached hydrogens (primary N) is 1. The van der Waals surface area contributed by atoms with Gasteiger partial charge in [0.15, 0.2) is 0 Å². The van der Waals surface area contributed by atoms with E-state index in [0.29, 0.717) is 12.3 Å². The standard InChI is InChI=1S/C12H21N3O3/c1-18-12(17)10(6-13)15-5-4-9-8(7-15)2-3-11(16)14-9/h8-10H,2-7,13H2,1H3,(H,14,16). The quantitative estimate of drug-likeness (QED) is 0.638. The number of esters is 1. The summed E-state index contributed by atoms with van der Waals surface area (Å²) in [5, 5.41) is 3.03. The van der Waals surface area contributed by atoms with Gasteiger partial charge in [0.1, 0.15) is 6.04 Å². The Balaban J connectivity index is 1.97. The van der Waals surface area contributed by atoms with Crippen molar-refractivity contribution in [1.29, 1.82) is 0 Å². The van der Waals surface area contributed by atoms with E-state index in [4.69, 9.17) is 10.5 Å². The maximum atomic E-state index is 11.6. The second kappa shape index (κ2) is 5.67. The molecule has 0 bridgehead atoms. The van der Waals surface area contributed by atoms with Crippen LogP contribution in [0, 0.1) is 5.92 Å². The molecule has 0 aliphatic carbocycles. The first-order valence-corrected chi connectivity index (χ1v) is 6.47. The van der Waals surface area contributed by atoms with Crippen molar-refractivity contribution in [3.05, 3.63) is 0 Å². The number of fused-ring (bicyclic) bond motifs is 1. The van der Waals surface area contributed by atoms with Crippen molar-refractivity contribution in [3.63, 3.8) is 0 Å². The van der Waals surface area contributed by atoms with Crippen molar-refractivity contribution in [1.82, 2.24) is 10.2 Å². The zero-order valence-electron chi connectivity index (χ0n) is 10.7. The Labute approximate surface area is 107 Å². The van der Waals surface area contributed by atoms with Crippen LogP contribution in [0.1, 0.15) is 19.3 Å². The number of likely N-dealkylation sites (tertiary alicyclic amines) is 1. The highest BCUT2D eigenvalue weighted by molar-refractivity contribution is 5.77. The van der Waals surface area contributed by atoms with Crippen LogP contribution in [-0.4, -0.2) is 55.6 Å². The lowest BCUT2D eigenvalue weighted by atomic mass is 9.84. The first kappa shape index (κ1) is 13.3. The molecule has 6 nitrogen and oxygen atoms in total. The second-order valence-electron chi connectivity index (χ2n) is 5.03. The number of carbonyl (C=O) groups is 2. The summed E-state index contributed by atoms with van der Waals surface area (Å²) >= 11 is 0. The van der Waals surface area contributed by atoms with E-state index >= 15 is 0 Å². The molecule has 0 aromatic heterocycles. The Morgan fingerprint density at radius 2 is 2.39 bits per heavy atom. The Kier molecular flexibility index (Phi) is 4.19. The Morgan fingerprint density at radius 3 is 3.06 bits per heavy atom. The molecule has 2 aliphatic rings. The van der Waals surface area contributed by atoms with Gasteiger partial charge in [-0.15, -0.1) is 0 Å². The van der Waals surface area contributed by atoms with Crippen molar-refractivity contribution in [2.24, 2.45) is 11.7 Å². The topological polar surface area (TPSA) is 84.7 Å². The molecule has 0 aromatic rings. The van der Waals surface area contributed by atoms with Gasteiger partial charge in [-0.3, -0.25) is 14.5 Å². The summed E-state index contributed by atoms with van der Waals surface area (Å²) in [6.07, 6.45) is 2.36. The number of piperidine rings is 2. The van der Waals surface area contributed by atoms with Crippen LogP contribution in [0.4, 0.5) is 0 Å². The van der Waals surface area contributed by atoms with Crippen LogP contribution in [-0.2, 0) is 14.3 Å². The van der Waals surface area contributed by atoms with Gasteiger partial charge in [0.05, 0.1) is 7.11 Å². The molecule has 102 valence electrons. The zero-order chi connectivity index (χ0) is 13.1. The third-order valence-corrected chi connectivity index (χ3v) is 3.99. The summed E-state index contributed by atoms with van der Waals surface area (Å²) in [7, 11) is 1.39. The van der Waals surface area contributed by atoms with Crippen molar-refractivity contribution in [2.75, 3.05) is 26.7 Å². The lowest BCUT2D eigenvalue weighted by Crippen LogP contribution is -2.58. The largest absolute Gasteiger partial charge is 0.468 e. The number of amides is 1. The van der Waals surface area contributed by atoms with Crippen molar-refractivity contribution in [2.45, 2.75) is 31.3 Å². The van der Waals surface area contributed by atoms with Gasteiger partial charge >= 0.3 is 5.97 Å². The summed E-state index contributed by atoms with van der Waals surface area (Å²) in [6, 6.07) is -0.0906. The number of methoxy groups -OCH3 is 1. The van der Waals surface area contributed by atoms with Crippen LogP contribution in [0.5, 0.6) is 0 Å². The average molecular weight is 255 g/mol. The number of hydrogen-bond donors (Lipinski definition) is 2. The van der Waals surface area contributed by atoms with E-state index in [1.54, 1.807) is 0 Å². The predicted molar refractivity (Wildman–Crippen MR) is 65.7 cm³/mol. The van der Waals surface area contributed by atoms with Gasteiger partial charge in [0.25, 0.3) is 0 Å². The summed E-state index contributed by atoms with van der Waals surface area (Å²) in [5.41, 5.74) is 5.66. The number of nitrogens with one attached hydrogen (secondary N) is 1. The van der Waals surface area contributed by atoms with E-state index in [0.717, 1.165) is 25.9 Å². The smallest absolute Gasteiger partial charge is 0.324 e. The molecule has 3 atom stereocenters. The number of carbonyl (C=O) groups excluding carboxylic acids is 2. The van der Waals surface area contributed by atoms with Gasteiger partial charge in [0.2, 0.25) is 5.91 Å². The van der Waals surface area contributed by atoms with Gasteiger partial charge in [-0.05, 0) is 18.8 Å². The van der Waals surface area contributed by atoms with E-state index in [1.807, 2.05) is 0 Å². The highest BCUT2D eigenvalue weighted by atomic mass is 16.5. The molecule has 2 rings (SSSR count). The van der Waals surface area contributed by atoms with Crippen molar-refractivity contribution in [3.8, 4) is 0 Å². The maximum absolute atomic E-state index is 11.6. The average Bonchev–Trinajstić information content (AvgIpc) is 2.39. The second-order valence-corrected chi connectivity index (χ2v) is 5.03. The monoisotopic (exact) mass is 255 g/mol. The predicted octanol–water partition coefficient (Wildman–Crippen LogP) is -0.913. The van der Waals surface area contributed by atoms with Crippen molar-refractivity contribution < 1.29 is 14.3 Å². The normalized spacial score (nSPS) is 30.2. The van der Waals surface area contributed by atoms with Crippen LogP contribution < -0.4 is 11.1 Å². The first-order chi connectivity index (χ1) is 8.65. The Bertz CT molecular complexity index is 335. The fraction of sp³-hybridized carbons (Fsp3) is 0.833. The molecule has 3 N–H and O–H groups in total. The third-order valence-electron chi connectivity index (χ3n) is 3.99. The van der Waals surface area contributed by atoms with Crippen LogP contribution >= 0.6 is 0 Å². The van der Waals surface area contributed by atoms with E-state index in [1.165, 1.54) is 7.11 Å². The van der Waals surface area contributed by atoms with Gasteiger partial charge in [-0.25, -0.2) is 0 Å². The Hall–Kier alpha value is -1.14. The summed E-state index contributed by atoms with van der Waals surface area (Å²) in [4.78, 5) is 25.1. The maximum Gasteiger partial charge on any atom is 0.324 e. The van der Waals surface area contributed by atoms with Gasteiger partial charge in [-0.2, -0.15) is 0 Å².